The number of nitrogens with zero attached hydrogens (tertiary/aromatic N) is 1. The summed E-state index contributed by atoms with van der Waals surface area (Å²) in [6.07, 6.45) is -0.397. The third-order valence-corrected chi connectivity index (χ3v) is 4.91. The lowest BCUT2D eigenvalue weighted by atomic mass is 10.1. The molecule has 0 aliphatic heterocycles. The van der Waals surface area contributed by atoms with Gasteiger partial charge in [-0.05, 0) is 12.1 Å². The number of nitrogens with one attached hydrogen (secondary N) is 1. The lowest BCUT2D eigenvalue weighted by Crippen LogP contribution is -2.15. The van der Waals surface area contributed by atoms with Crippen molar-refractivity contribution in [1.29, 1.82) is 0 Å². The van der Waals surface area contributed by atoms with Gasteiger partial charge < -0.3 is 10.4 Å². The zero-order valence-corrected chi connectivity index (χ0v) is 12.1. The van der Waals surface area contributed by atoms with Crippen LogP contribution in [-0.2, 0) is 10.0 Å². The van der Waals surface area contributed by atoms with Gasteiger partial charge in [0.05, 0.1) is 11.8 Å². The van der Waals surface area contributed by atoms with Gasteiger partial charge >= 0.3 is 0 Å². The van der Waals surface area contributed by atoms with Gasteiger partial charge in [-0.25, -0.2) is 27.3 Å². The van der Waals surface area contributed by atoms with Crippen LogP contribution in [0.3, 0.4) is 0 Å². The van der Waals surface area contributed by atoms with E-state index in [0.29, 0.717) is 0 Å². The Bertz CT molecular complexity index is 729. The predicted octanol–water partition coefficient (Wildman–Crippen LogP) is 1.21. The van der Waals surface area contributed by atoms with Gasteiger partial charge in [0.2, 0.25) is 10.0 Å². The van der Waals surface area contributed by atoms with Crippen LogP contribution in [0.2, 0.25) is 0 Å². The molecule has 1 unspecified atom stereocenters. The fraction of sp³-hybridized carbons (Fsp3) is 0.182. The Morgan fingerprint density at radius 3 is 2.52 bits per heavy atom. The van der Waals surface area contributed by atoms with E-state index in [0.717, 1.165) is 29.7 Å². The third kappa shape index (κ3) is 3.73. The molecule has 0 aliphatic rings. The van der Waals surface area contributed by atoms with Crippen LogP contribution >= 0.6 is 11.3 Å². The van der Waals surface area contributed by atoms with Crippen molar-refractivity contribution >= 4 is 26.5 Å². The molecule has 0 aliphatic carbocycles. The second-order valence-corrected chi connectivity index (χ2v) is 6.88. The number of thiazole rings is 1. The average Bonchev–Trinajstić information content (AvgIpc) is 2.84. The number of hydrogen-bond donors (Lipinski definition) is 3. The molecule has 114 valence electrons. The molecule has 0 saturated heterocycles. The zero-order chi connectivity index (χ0) is 15.6. The van der Waals surface area contributed by atoms with Crippen molar-refractivity contribution < 1.29 is 22.3 Å². The fourth-order valence-corrected chi connectivity index (χ4v) is 3.05. The van der Waals surface area contributed by atoms with Gasteiger partial charge in [0.1, 0.15) is 17.7 Å². The molecule has 0 fully saturated rings. The van der Waals surface area contributed by atoms with Crippen molar-refractivity contribution in [3.05, 3.63) is 41.6 Å². The van der Waals surface area contributed by atoms with Gasteiger partial charge in [0.15, 0.2) is 9.34 Å². The number of rotatable bonds is 5. The summed E-state index contributed by atoms with van der Waals surface area (Å²) in [4.78, 5) is 3.74. The number of aromatic nitrogens is 1. The monoisotopic (exact) mass is 335 g/mol. The molecule has 0 spiro atoms. The molecule has 10 heteroatoms. The molecule has 4 N–H and O–H groups in total. The van der Waals surface area contributed by atoms with Crippen LogP contribution in [0.5, 0.6) is 0 Å². The minimum absolute atomic E-state index is 0.156. The topological polar surface area (TPSA) is 105 Å². The van der Waals surface area contributed by atoms with Crippen LogP contribution in [0.4, 0.5) is 13.9 Å². The predicted molar refractivity (Wildman–Crippen MR) is 73.3 cm³/mol. The molecule has 2 rings (SSSR count). The highest BCUT2D eigenvalue weighted by atomic mass is 32.2. The van der Waals surface area contributed by atoms with Crippen molar-refractivity contribution in [2.24, 2.45) is 5.14 Å². The van der Waals surface area contributed by atoms with E-state index in [1.165, 1.54) is 6.07 Å². The summed E-state index contributed by atoms with van der Waals surface area (Å²) in [5.74, 6) is -1.73. The lowest BCUT2D eigenvalue weighted by molar-refractivity contribution is 0.181. The van der Waals surface area contributed by atoms with Gasteiger partial charge in [-0.15, -0.1) is 0 Å². The van der Waals surface area contributed by atoms with Crippen molar-refractivity contribution in [1.82, 2.24) is 4.98 Å². The standard InChI is InChI=1S/C11H11F2N3O3S2/c12-6-2-1-3-7(13)10(6)8(17)4-15-11-16-5-9(20-11)21(14,18)19/h1-3,5,8,17H,4H2,(H,15,16)(H2,14,18,19). The van der Waals surface area contributed by atoms with E-state index >= 15 is 0 Å². The summed E-state index contributed by atoms with van der Waals surface area (Å²) in [6, 6.07) is 3.25. The first-order valence-corrected chi connectivity index (χ1v) is 8.00. The maximum absolute atomic E-state index is 13.5. The van der Waals surface area contributed by atoms with E-state index in [-0.39, 0.29) is 15.9 Å². The van der Waals surface area contributed by atoms with E-state index in [1.807, 2.05) is 0 Å². The Balaban J connectivity index is 2.08. The fourth-order valence-electron chi connectivity index (χ4n) is 1.59. The highest BCUT2D eigenvalue weighted by Gasteiger charge is 2.18. The lowest BCUT2D eigenvalue weighted by Gasteiger charge is -2.13. The molecule has 21 heavy (non-hydrogen) atoms. The van der Waals surface area contributed by atoms with Crippen LogP contribution in [-0.4, -0.2) is 25.1 Å². The molecular formula is C11H11F2N3O3S2. The number of anilines is 1. The van der Waals surface area contributed by atoms with E-state index in [9.17, 15) is 22.3 Å². The van der Waals surface area contributed by atoms with E-state index in [4.69, 9.17) is 5.14 Å². The van der Waals surface area contributed by atoms with Gasteiger partial charge in [-0.3, -0.25) is 0 Å². The summed E-state index contributed by atoms with van der Waals surface area (Å²) >= 11 is 0.752. The van der Waals surface area contributed by atoms with Crippen LogP contribution in [0.25, 0.3) is 0 Å². The normalized spacial score (nSPS) is 13.1. The quantitative estimate of drug-likeness (QED) is 0.762. The maximum Gasteiger partial charge on any atom is 0.249 e. The summed E-state index contributed by atoms with van der Waals surface area (Å²) in [5.41, 5.74) is -0.465. The molecular weight excluding hydrogens is 324 g/mol. The van der Waals surface area contributed by atoms with Crippen LogP contribution in [0.15, 0.2) is 28.6 Å². The van der Waals surface area contributed by atoms with E-state index in [1.54, 1.807) is 0 Å². The number of aliphatic hydroxyl groups excluding tert-OH is 1. The molecule has 0 saturated carbocycles. The average molecular weight is 335 g/mol. The van der Waals surface area contributed by atoms with E-state index in [2.05, 4.69) is 10.3 Å². The summed E-state index contributed by atoms with van der Waals surface area (Å²) in [6.45, 7) is -0.241. The van der Waals surface area contributed by atoms with Gasteiger partial charge in [-0.1, -0.05) is 17.4 Å². The summed E-state index contributed by atoms with van der Waals surface area (Å²) in [7, 11) is -3.85. The van der Waals surface area contributed by atoms with E-state index < -0.39 is 33.3 Å². The SMILES string of the molecule is NS(=O)(=O)c1cnc(NCC(O)c2c(F)cccc2F)s1. The Morgan fingerprint density at radius 2 is 2.00 bits per heavy atom. The number of aliphatic hydroxyl groups is 1. The van der Waals surface area contributed by atoms with Gasteiger partial charge in [-0.2, -0.15) is 0 Å². The molecule has 0 bridgehead atoms. The Morgan fingerprint density at radius 1 is 1.38 bits per heavy atom. The highest BCUT2D eigenvalue weighted by molar-refractivity contribution is 7.91. The highest BCUT2D eigenvalue weighted by Crippen LogP contribution is 2.24. The molecule has 1 heterocycles. The smallest absolute Gasteiger partial charge is 0.249 e. The second kappa shape index (κ2) is 6.02. The van der Waals surface area contributed by atoms with Crippen LogP contribution in [0.1, 0.15) is 11.7 Å². The Hall–Kier alpha value is -1.62. The maximum atomic E-state index is 13.5. The number of sulfonamides is 1. The number of primary sulfonamides is 1. The number of halogens is 2. The minimum atomic E-state index is -3.85. The minimum Gasteiger partial charge on any atom is -0.386 e. The number of hydrogen-bond acceptors (Lipinski definition) is 6. The molecule has 0 radical (unpaired) electrons. The van der Waals surface area contributed by atoms with Crippen LogP contribution in [0, 0.1) is 11.6 Å². The second-order valence-electron chi connectivity index (χ2n) is 4.06. The number of nitrogens with two attached hydrogens (primary N) is 1. The van der Waals surface area contributed by atoms with Crippen molar-refractivity contribution in [2.45, 2.75) is 10.3 Å². The molecule has 1 atom stereocenters. The molecule has 6 nitrogen and oxygen atoms in total. The Labute approximate surface area is 123 Å². The molecule has 1 aromatic carbocycles. The van der Waals surface area contributed by atoms with Crippen molar-refractivity contribution in [3.8, 4) is 0 Å². The largest absolute Gasteiger partial charge is 0.386 e. The van der Waals surface area contributed by atoms with Crippen molar-refractivity contribution in [2.75, 3.05) is 11.9 Å². The first-order chi connectivity index (χ1) is 9.79. The first kappa shape index (κ1) is 15.8. The van der Waals surface area contributed by atoms with Crippen molar-refractivity contribution in [3.63, 3.8) is 0 Å². The first-order valence-electron chi connectivity index (χ1n) is 5.63. The summed E-state index contributed by atoms with van der Waals surface area (Å²) in [5, 5.41) is 17.5. The molecule has 1 aromatic heterocycles. The zero-order valence-electron chi connectivity index (χ0n) is 10.5. The van der Waals surface area contributed by atoms with Gasteiger partial charge in [0.25, 0.3) is 0 Å². The molecule has 0 amide bonds. The summed E-state index contributed by atoms with van der Waals surface area (Å²) < 4.78 is 48.9. The Kier molecular flexibility index (Phi) is 4.52. The number of benzene rings is 1. The third-order valence-electron chi connectivity index (χ3n) is 2.54. The molecule has 2 aromatic rings. The van der Waals surface area contributed by atoms with Gasteiger partial charge in [0, 0.05) is 6.54 Å². The van der Waals surface area contributed by atoms with Crippen LogP contribution < -0.4 is 10.5 Å².